The Balaban J connectivity index is 1.78. The highest BCUT2D eigenvalue weighted by molar-refractivity contribution is 7.89. The molecule has 1 heterocycles. The van der Waals surface area contributed by atoms with Crippen molar-refractivity contribution in [2.45, 2.75) is 30.7 Å². The molecule has 0 spiro atoms. The molecule has 1 amide bonds. The lowest BCUT2D eigenvalue weighted by molar-refractivity contribution is -0.119. The van der Waals surface area contributed by atoms with Crippen molar-refractivity contribution < 1.29 is 17.9 Å². The standard InChI is InChI=1S/C19H22N2O4S/c1-2-25-16-10-12-17(13-11-16)26(23,24)21-14-6-9-18(21)19(22)20-15-7-4-3-5-8-15/h3-5,7-8,10-13,18H,2,6,9,14H2,1H3,(H,20,22). The molecule has 1 unspecified atom stereocenters. The number of para-hydroxylation sites is 1. The fourth-order valence-electron chi connectivity index (χ4n) is 3.05. The average Bonchev–Trinajstić information content (AvgIpc) is 3.14. The minimum atomic E-state index is -3.74. The van der Waals surface area contributed by atoms with E-state index in [-0.39, 0.29) is 10.8 Å². The summed E-state index contributed by atoms with van der Waals surface area (Å²) in [7, 11) is -3.74. The first-order chi connectivity index (χ1) is 12.5. The van der Waals surface area contributed by atoms with Crippen LogP contribution in [0.4, 0.5) is 5.69 Å². The molecule has 1 atom stereocenters. The third-order valence-electron chi connectivity index (χ3n) is 4.29. The molecule has 0 saturated carbocycles. The molecule has 2 aromatic carbocycles. The van der Waals surface area contributed by atoms with Gasteiger partial charge in [-0.15, -0.1) is 0 Å². The summed E-state index contributed by atoms with van der Waals surface area (Å²) in [4.78, 5) is 12.8. The van der Waals surface area contributed by atoms with Crippen LogP contribution in [0.15, 0.2) is 59.5 Å². The number of nitrogens with one attached hydrogen (secondary N) is 1. The number of sulfonamides is 1. The Morgan fingerprint density at radius 2 is 1.85 bits per heavy atom. The van der Waals surface area contributed by atoms with E-state index < -0.39 is 16.1 Å². The van der Waals surface area contributed by atoms with Gasteiger partial charge < -0.3 is 10.1 Å². The van der Waals surface area contributed by atoms with Crippen molar-refractivity contribution >= 4 is 21.6 Å². The summed E-state index contributed by atoms with van der Waals surface area (Å²) in [6.07, 6.45) is 1.16. The quantitative estimate of drug-likeness (QED) is 0.844. The fourth-order valence-corrected chi connectivity index (χ4v) is 4.70. The van der Waals surface area contributed by atoms with E-state index in [2.05, 4.69) is 5.32 Å². The molecular formula is C19H22N2O4S. The second-order valence-electron chi connectivity index (χ2n) is 6.03. The van der Waals surface area contributed by atoms with Crippen LogP contribution < -0.4 is 10.1 Å². The molecule has 138 valence electrons. The summed E-state index contributed by atoms with van der Waals surface area (Å²) >= 11 is 0. The normalized spacial score (nSPS) is 17.8. The second kappa shape index (κ2) is 7.88. The summed E-state index contributed by atoms with van der Waals surface area (Å²) in [6, 6.07) is 14.6. The number of carbonyl (C=O) groups is 1. The Labute approximate surface area is 153 Å². The van der Waals surface area contributed by atoms with Gasteiger partial charge in [-0.05, 0) is 56.2 Å². The molecule has 1 aliphatic rings. The number of rotatable bonds is 6. The molecule has 3 rings (SSSR count). The van der Waals surface area contributed by atoms with Crippen molar-refractivity contribution in [3.63, 3.8) is 0 Å². The van der Waals surface area contributed by atoms with Gasteiger partial charge in [-0.25, -0.2) is 8.42 Å². The number of ether oxygens (including phenoxy) is 1. The Kier molecular flexibility index (Phi) is 5.58. The Morgan fingerprint density at radius 1 is 1.15 bits per heavy atom. The highest BCUT2D eigenvalue weighted by atomic mass is 32.2. The van der Waals surface area contributed by atoms with Crippen LogP contribution in [-0.2, 0) is 14.8 Å². The van der Waals surface area contributed by atoms with Crippen LogP contribution >= 0.6 is 0 Å². The van der Waals surface area contributed by atoms with Crippen LogP contribution in [-0.4, -0.2) is 37.8 Å². The van der Waals surface area contributed by atoms with Crippen LogP contribution in [0, 0.1) is 0 Å². The molecule has 0 bridgehead atoms. The van der Waals surface area contributed by atoms with Crippen LogP contribution in [0.2, 0.25) is 0 Å². The number of amides is 1. The first-order valence-corrected chi connectivity index (χ1v) is 10.1. The first kappa shape index (κ1) is 18.4. The van der Waals surface area contributed by atoms with E-state index in [1.807, 2.05) is 25.1 Å². The van der Waals surface area contributed by atoms with Gasteiger partial charge in [-0.3, -0.25) is 4.79 Å². The second-order valence-corrected chi connectivity index (χ2v) is 7.92. The Bertz CT molecular complexity index is 851. The van der Waals surface area contributed by atoms with E-state index in [1.54, 1.807) is 24.3 Å². The van der Waals surface area contributed by atoms with E-state index >= 15 is 0 Å². The van der Waals surface area contributed by atoms with Crippen molar-refractivity contribution in [2.24, 2.45) is 0 Å². The van der Waals surface area contributed by atoms with Crippen molar-refractivity contribution in [3.05, 3.63) is 54.6 Å². The Morgan fingerprint density at radius 3 is 2.50 bits per heavy atom. The molecule has 1 N–H and O–H groups in total. The lowest BCUT2D eigenvalue weighted by atomic mass is 10.2. The van der Waals surface area contributed by atoms with E-state index in [9.17, 15) is 13.2 Å². The minimum absolute atomic E-state index is 0.167. The van der Waals surface area contributed by atoms with Gasteiger partial charge in [0.2, 0.25) is 15.9 Å². The number of hydrogen-bond acceptors (Lipinski definition) is 4. The van der Waals surface area contributed by atoms with Gasteiger partial charge in [0.1, 0.15) is 11.8 Å². The summed E-state index contributed by atoms with van der Waals surface area (Å²) in [5.41, 5.74) is 0.655. The van der Waals surface area contributed by atoms with Crippen LogP contribution in [0.25, 0.3) is 0 Å². The molecule has 0 aliphatic carbocycles. The van der Waals surface area contributed by atoms with Crippen molar-refractivity contribution in [3.8, 4) is 5.75 Å². The fraction of sp³-hybridized carbons (Fsp3) is 0.316. The van der Waals surface area contributed by atoms with Gasteiger partial charge in [0.05, 0.1) is 11.5 Å². The molecule has 0 radical (unpaired) electrons. The maximum atomic E-state index is 13.0. The van der Waals surface area contributed by atoms with Crippen molar-refractivity contribution in [2.75, 3.05) is 18.5 Å². The molecule has 1 saturated heterocycles. The summed E-state index contributed by atoms with van der Waals surface area (Å²) in [6.45, 7) is 2.72. The zero-order valence-electron chi connectivity index (χ0n) is 14.6. The number of benzene rings is 2. The van der Waals surface area contributed by atoms with Crippen LogP contribution in [0.3, 0.4) is 0 Å². The third kappa shape index (κ3) is 3.89. The Hall–Kier alpha value is -2.38. The zero-order valence-corrected chi connectivity index (χ0v) is 15.4. The molecular weight excluding hydrogens is 352 g/mol. The molecule has 2 aromatic rings. The predicted octanol–water partition coefficient (Wildman–Crippen LogP) is 2.88. The SMILES string of the molecule is CCOc1ccc(S(=O)(=O)N2CCCC2C(=O)Nc2ccccc2)cc1. The first-order valence-electron chi connectivity index (χ1n) is 8.63. The van der Waals surface area contributed by atoms with E-state index in [4.69, 9.17) is 4.74 Å². The molecule has 6 nitrogen and oxygen atoms in total. The van der Waals surface area contributed by atoms with Gasteiger partial charge in [0, 0.05) is 12.2 Å². The molecule has 0 aromatic heterocycles. The maximum absolute atomic E-state index is 13.0. The minimum Gasteiger partial charge on any atom is -0.494 e. The van der Waals surface area contributed by atoms with E-state index in [0.29, 0.717) is 37.4 Å². The van der Waals surface area contributed by atoms with Crippen LogP contribution in [0.1, 0.15) is 19.8 Å². The van der Waals surface area contributed by atoms with Gasteiger partial charge >= 0.3 is 0 Å². The largest absolute Gasteiger partial charge is 0.494 e. The topological polar surface area (TPSA) is 75.7 Å². The lowest BCUT2D eigenvalue weighted by Gasteiger charge is -2.23. The lowest BCUT2D eigenvalue weighted by Crippen LogP contribution is -2.43. The highest BCUT2D eigenvalue weighted by Gasteiger charge is 2.39. The van der Waals surface area contributed by atoms with Gasteiger partial charge in [-0.1, -0.05) is 18.2 Å². The third-order valence-corrected chi connectivity index (χ3v) is 6.21. The highest BCUT2D eigenvalue weighted by Crippen LogP contribution is 2.28. The maximum Gasteiger partial charge on any atom is 0.243 e. The molecule has 1 aliphatic heterocycles. The predicted molar refractivity (Wildman–Crippen MR) is 99.6 cm³/mol. The summed E-state index contributed by atoms with van der Waals surface area (Å²) < 4.78 is 32.6. The van der Waals surface area contributed by atoms with Gasteiger partial charge in [0.15, 0.2) is 0 Å². The van der Waals surface area contributed by atoms with Crippen molar-refractivity contribution in [1.82, 2.24) is 4.31 Å². The average molecular weight is 374 g/mol. The van der Waals surface area contributed by atoms with Gasteiger partial charge in [-0.2, -0.15) is 4.31 Å². The van der Waals surface area contributed by atoms with Crippen molar-refractivity contribution in [1.29, 1.82) is 0 Å². The molecule has 1 fully saturated rings. The number of hydrogen-bond donors (Lipinski definition) is 1. The number of anilines is 1. The summed E-state index contributed by atoms with van der Waals surface area (Å²) in [5, 5.41) is 2.80. The summed E-state index contributed by atoms with van der Waals surface area (Å²) in [5.74, 6) is 0.314. The smallest absolute Gasteiger partial charge is 0.243 e. The number of nitrogens with zero attached hydrogens (tertiary/aromatic N) is 1. The molecule has 26 heavy (non-hydrogen) atoms. The monoisotopic (exact) mass is 374 g/mol. The van der Waals surface area contributed by atoms with E-state index in [0.717, 1.165) is 0 Å². The van der Waals surface area contributed by atoms with Gasteiger partial charge in [0.25, 0.3) is 0 Å². The van der Waals surface area contributed by atoms with E-state index in [1.165, 1.54) is 16.4 Å². The van der Waals surface area contributed by atoms with Crippen LogP contribution in [0.5, 0.6) is 5.75 Å². The number of carbonyl (C=O) groups excluding carboxylic acids is 1. The molecule has 7 heteroatoms. The zero-order chi connectivity index (χ0) is 18.6.